The predicted octanol–water partition coefficient (Wildman–Crippen LogP) is 1.52. The summed E-state index contributed by atoms with van der Waals surface area (Å²) in [5.41, 5.74) is 6.72. The first-order chi connectivity index (χ1) is 11.5. The maximum atomic E-state index is 12.6. The average Bonchev–Trinajstić information content (AvgIpc) is 3.07. The molecule has 2 aromatic rings. The van der Waals surface area contributed by atoms with Gasteiger partial charge in [-0.3, -0.25) is 14.7 Å². The summed E-state index contributed by atoms with van der Waals surface area (Å²) < 4.78 is 0. The van der Waals surface area contributed by atoms with Gasteiger partial charge >= 0.3 is 11.8 Å². The van der Waals surface area contributed by atoms with E-state index in [1.54, 1.807) is 4.90 Å². The van der Waals surface area contributed by atoms with E-state index in [0.717, 1.165) is 19.3 Å². The summed E-state index contributed by atoms with van der Waals surface area (Å²) in [5.74, 6) is -0.526. The first-order valence-corrected chi connectivity index (χ1v) is 8.18. The largest absolute Gasteiger partial charge is 0.383 e. The van der Waals surface area contributed by atoms with Gasteiger partial charge in [0, 0.05) is 12.6 Å². The van der Waals surface area contributed by atoms with E-state index in [1.807, 2.05) is 0 Å². The van der Waals surface area contributed by atoms with E-state index in [9.17, 15) is 9.59 Å². The summed E-state index contributed by atoms with van der Waals surface area (Å²) in [4.78, 5) is 30.8. The Morgan fingerprint density at radius 1 is 1.38 bits per heavy atom. The second-order valence-corrected chi connectivity index (χ2v) is 6.48. The van der Waals surface area contributed by atoms with Gasteiger partial charge in [0.15, 0.2) is 0 Å². The number of rotatable bonds is 2. The lowest BCUT2D eigenvalue weighted by molar-refractivity contribution is -0.146. The van der Waals surface area contributed by atoms with Gasteiger partial charge in [-0.2, -0.15) is 5.10 Å². The Kier molecular flexibility index (Phi) is 4.37. The molecule has 128 valence electrons. The number of carbonyl (C=O) groups is 2. The monoisotopic (exact) mass is 330 g/mol. The molecule has 1 aliphatic rings. The van der Waals surface area contributed by atoms with Crippen LogP contribution in [0, 0.1) is 5.92 Å². The molecule has 0 saturated carbocycles. The third kappa shape index (κ3) is 2.91. The van der Waals surface area contributed by atoms with E-state index in [2.05, 4.69) is 34.3 Å². The van der Waals surface area contributed by atoms with Gasteiger partial charge in [-0.1, -0.05) is 13.8 Å². The quantitative estimate of drug-likeness (QED) is 0.722. The number of H-pyrrole nitrogens is 1. The van der Waals surface area contributed by atoms with Crippen LogP contribution in [0.1, 0.15) is 33.1 Å². The summed E-state index contributed by atoms with van der Waals surface area (Å²) in [6, 6.07) is 0.105. The highest BCUT2D eigenvalue weighted by molar-refractivity contribution is 6.40. The number of piperidine rings is 1. The predicted molar refractivity (Wildman–Crippen MR) is 91.1 cm³/mol. The molecular formula is C16H22N6O2. The van der Waals surface area contributed by atoms with Gasteiger partial charge in [-0.05, 0) is 25.2 Å². The average molecular weight is 330 g/mol. The molecule has 2 amide bonds. The van der Waals surface area contributed by atoms with Crippen molar-refractivity contribution in [3.05, 3.63) is 12.4 Å². The van der Waals surface area contributed by atoms with Crippen LogP contribution in [0.4, 0.5) is 11.5 Å². The number of aromatic amines is 1. The summed E-state index contributed by atoms with van der Waals surface area (Å²) in [6.07, 6.45) is 5.91. The van der Waals surface area contributed by atoms with Crippen molar-refractivity contribution in [2.45, 2.75) is 39.2 Å². The Morgan fingerprint density at radius 2 is 2.17 bits per heavy atom. The topological polar surface area (TPSA) is 117 Å². The third-order valence-electron chi connectivity index (χ3n) is 4.54. The zero-order valence-corrected chi connectivity index (χ0v) is 13.9. The van der Waals surface area contributed by atoms with Crippen molar-refractivity contribution in [3.63, 3.8) is 0 Å². The number of pyridine rings is 1. The molecule has 8 nitrogen and oxygen atoms in total. The number of amides is 2. The number of hydrogen-bond acceptors (Lipinski definition) is 5. The Balaban J connectivity index is 1.79. The van der Waals surface area contributed by atoms with E-state index in [0.29, 0.717) is 34.9 Å². The Hall–Kier alpha value is -2.64. The number of aromatic nitrogens is 3. The van der Waals surface area contributed by atoms with Crippen LogP contribution in [-0.2, 0) is 9.59 Å². The van der Waals surface area contributed by atoms with Gasteiger partial charge in [-0.15, -0.1) is 0 Å². The zero-order chi connectivity index (χ0) is 17.3. The molecule has 8 heteroatoms. The Morgan fingerprint density at radius 3 is 2.92 bits per heavy atom. The lowest BCUT2D eigenvalue weighted by Gasteiger charge is -2.37. The van der Waals surface area contributed by atoms with Crippen molar-refractivity contribution in [2.24, 2.45) is 5.92 Å². The maximum Gasteiger partial charge on any atom is 0.314 e. The summed E-state index contributed by atoms with van der Waals surface area (Å²) >= 11 is 0. The highest BCUT2D eigenvalue weighted by Gasteiger charge is 2.32. The molecule has 1 saturated heterocycles. The van der Waals surface area contributed by atoms with Gasteiger partial charge in [-0.25, -0.2) is 4.98 Å². The number of likely N-dealkylation sites (tertiary alicyclic amines) is 1. The second kappa shape index (κ2) is 6.46. The fraction of sp³-hybridized carbons (Fsp3) is 0.500. The number of nitrogens with zero attached hydrogens (tertiary/aromatic N) is 3. The summed E-state index contributed by atoms with van der Waals surface area (Å²) in [7, 11) is 0. The van der Waals surface area contributed by atoms with Crippen molar-refractivity contribution in [3.8, 4) is 0 Å². The fourth-order valence-corrected chi connectivity index (χ4v) is 3.26. The standard InChI is InChI=1S/C16H22N6O2/c1-9(2)12-5-3-4-6-22(12)16(24)15(23)20-11-8-18-14(17)10-7-19-21-13(10)11/h7-9,12H,3-6H2,1-2H3,(H2,17,18)(H,19,21)(H,20,23). The second-order valence-electron chi connectivity index (χ2n) is 6.48. The fourth-order valence-electron chi connectivity index (χ4n) is 3.26. The van der Waals surface area contributed by atoms with Crippen molar-refractivity contribution < 1.29 is 9.59 Å². The van der Waals surface area contributed by atoms with Crippen LogP contribution in [0.15, 0.2) is 12.4 Å². The number of carbonyl (C=O) groups excluding carboxylic acids is 2. The number of nitrogens with one attached hydrogen (secondary N) is 2. The van der Waals surface area contributed by atoms with Crippen molar-refractivity contribution >= 4 is 34.2 Å². The molecule has 1 aliphatic heterocycles. The minimum atomic E-state index is -0.662. The minimum absolute atomic E-state index is 0.105. The number of nitrogen functional groups attached to an aromatic ring is 1. The highest BCUT2D eigenvalue weighted by atomic mass is 16.2. The molecule has 1 unspecified atom stereocenters. The van der Waals surface area contributed by atoms with E-state index < -0.39 is 11.8 Å². The van der Waals surface area contributed by atoms with Crippen molar-refractivity contribution in [1.82, 2.24) is 20.1 Å². The van der Waals surface area contributed by atoms with Crippen LogP contribution < -0.4 is 11.1 Å². The number of hydrogen-bond donors (Lipinski definition) is 3. The van der Waals surface area contributed by atoms with Crippen LogP contribution in [-0.4, -0.2) is 44.5 Å². The van der Waals surface area contributed by atoms with Crippen LogP contribution in [0.5, 0.6) is 0 Å². The Bertz CT molecular complexity index is 769. The minimum Gasteiger partial charge on any atom is -0.383 e. The van der Waals surface area contributed by atoms with E-state index in [4.69, 9.17) is 5.73 Å². The van der Waals surface area contributed by atoms with E-state index in [1.165, 1.54) is 12.4 Å². The van der Waals surface area contributed by atoms with Crippen LogP contribution in [0.2, 0.25) is 0 Å². The number of nitrogens with two attached hydrogens (primary N) is 1. The summed E-state index contributed by atoms with van der Waals surface area (Å²) in [6.45, 7) is 4.77. The molecule has 1 fully saturated rings. The molecule has 2 aromatic heterocycles. The van der Waals surface area contributed by atoms with Gasteiger partial charge < -0.3 is 16.0 Å². The molecule has 4 N–H and O–H groups in total. The van der Waals surface area contributed by atoms with Crippen LogP contribution in [0.3, 0.4) is 0 Å². The Labute approximate surface area is 139 Å². The smallest absolute Gasteiger partial charge is 0.314 e. The first kappa shape index (κ1) is 16.2. The van der Waals surface area contributed by atoms with Gasteiger partial charge in [0.05, 0.1) is 29.0 Å². The lowest BCUT2D eigenvalue weighted by Crippen LogP contribution is -2.50. The third-order valence-corrected chi connectivity index (χ3v) is 4.54. The van der Waals surface area contributed by atoms with E-state index in [-0.39, 0.29) is 6.04 Å². The molecule has 0 aliphatic carbocycles. The number of anilines is 2. The zero-order valence-electron chi connectivity index (χ0n) is 13.9. The molecular weight excluding hydrogens is 308 g/mol. The van der Waals surface area contributed by atoms with Crippen molar-refractivity contribution in [2.75, 3.05) is 17.6 Å². The molecule has 1 atom stereocenters. The normalized spacial score (nSPS) is 18.1. The molecule has 3 rings (SSSR count). The molecule has 24 heavy (non-hydrogen) atoms. The lowest BCUT2D eigenvalue weighted by atomic mass is 9.92. The van der Waals surface area contributed by atoms with E-state index >= 15 is 0 Å². The molecule has 0 spiro atoms. The van der Waals surface area contributed by atoms with Gasteiger partial charge in [0.1, 0.15) is 5.82 Å². The maximum absolute atomic E-state index is 12.6. The van der Waals surface area contributed by atoms with Gasteiger partial charge in [0.2, 0.25) is 0 Å². The SMILES string of the molecule is CC(C)C1CCCCN1C(=O)C(=O)Nc1cnc(N)c2cn[nH]c12. The number of fused-ring (bicyclic) bond motifs is 1. The summed E-state index contributed by atoms with van der Waals surface area (Å²) in [5, 5.41) is 9.92. The van der Waals surface area contributed by atoms with Crippen molar-refractivity contribution in [1.29, 1.82) is 0 Å². The molecule has 3 heterocycles. The van der Waals surface area contributed by atoms with Crippen LogP contribution in [0.25, 0.3) is 10.9 Å². The van der Waals surface area contributed by atoms with Gasteiger partial charge in [0.25, 0.3) is 0 Å². The highest BCUT2D eigenvalue weighted by Crippen LogP contribution is 2.25. The first-order valence-electron chi connectivity index (χ1n) is 8.18. The molecule has 0 radical (unpaired) electrons. The molecule has 0 aromatic carbocycles. The molecule has 0 bridgehead atoms. The van der Waals surface area contributed by atoms with Crippen LogP contribution >= 0.6 is 0 Å².